The molecule has 0 saturated carbocycles. The molecule has 2 amide bonds. The molecule has 12 nitrogen and oxygen atoms in total. The van der Waals surface area contributed by atoms with Crippen molar-refractivity contribution in [3.05, 3.63) is 155 Å². The molecule has 1 aromatic heterocycles. The standard InChI is InChI=1S/C41H36ClFN6O6S2/c1-53-31-19-17-26(18-20-31)23-54-39(52)35-27(21-42)25-56-38-34(37(51)49(35)38)45-33(50)22-44-55-24-32(43)36-46-40(57-48-36)47-41(28-11-5-2-6-12-28,29-13-7-3-8-14-29)30-15-9-4-10-16-30/h2-20,22,32,34,38H,21,23-25H2,1H3,(H,45,50)(H,46,47,48)/t32?,34-,38-/m1/s1. The van der Waals surface area contributed by atoms with Gasteiger partial charge in [-0.1, -0.05) is 108 Å². The average Bonchev–Trinajstić information content (AvgIpc) is 3.74. The zero-order chi connectivity index (χ0) is 39.8. The van der Waals surface area contributed by atoms with Crippen LogP contribution in [0.1, 0.15) is 34.2 Å². The highest BCUT2D eigenvalue weighted by Crippen LogP contribution is 2.42. The van der Waals surface area contributed by atoms with Crippen LogP contribution in [0.15, 0.2) is 132 Å². The van der Waals surface area contributed by atoms with Gasteiger partial charge in [-0.2, -0.15) is 4.37 Å². The maximum atomic E-state index is 15.4. The fourth-order valence-electron chi connectivity index (χ4n) is 6.53. The summed E-state index contributed by atoms with van der Waals surface area (Å²) in [4.78, 5) is 50.0. The van der Waals surface area contributed by atoms with Gasteiger partial charge in [0.25, 0.3) is 11.8 Å². The van der Waals surface area contributed by atoms with Crippen molar-refractivity contribution >= 4 is 64.0 Å². The van der Waals surface area contributed by atoms with E-state index in [2.05, 4.69) is 25.1 Å². The Kier molecular flexibility index (Phi) is 12.5. The maximum Gasteiger partial charge on any atom is 0.355 e. The van der Waals surface area contributed by atoms with Crippen LogP contribution in [0.3, 0.4) is 0 Å². The molecule has 5 aromatic rings. The molecule has 57 heavy (non-hydrogen) atoms. The molecule has 7 rings (SSSR count). The number of carbonyl (C=O) groups is 3. The van der Waals surface area contributed by atoms with Crippen molar-refractivity contribution in [2.24, 2.45) is 5.16 Å². The lowest BCUT2D eigenvalue weighted by atomic mass is 9.77. The Morgan fingerprint density at radius 2 is 1.60 bits per heavy atom. The molecule has 1 unspecified atom stereocenters. The number of β-lactam (4-membered cyclic amide) rings is 1. The third-order valence-corrected chi connectivity index (χ3v) is 11.6. The first-order chi connectivity index (χ1) is 27.8. The summed E-state index contributed by atoms with van der Waals surface area (Å²) >= 11 is 8.50. The second kappa shape index (κ2) is 18.0. The Morgan fingerprint density at radius 3 is 2.18 bits per heavy atom. The summed E-state index contributed by atoms with van der Waals surface area (Å²) in [7, 11) is 1.56. The summed E-state index contributed by atoms with van der Waals surface area (Å²) in [6.07, 6.45) is -0.946. The van der Waals surface area contributed by atoms with E-state index in [1.165, 1.54) is 16.7 Å². The highest BCUT2D eigenvalue weighted by molar-refractivity contribution is 8.00. The molecule has 0 aliphatic carbocycles. The molecule has 2 aliphatic heterocycles. The van der Waals surface area contributed by atoms with Crippen molar-refractivity contribution in [2.75, 3.05) is 30.7 Å². The largest absolute Gasteiger partial charge is 0.497 e. The molecule has 3 atom stereocenters. The fourth-order valence-corrected chi connectivity index (χ4v) is 8.87. The number of aromatic nitrogens is 2. The number of methoxy groups -OCH3 is 1. The number of nitrogens with one attached hydrogen (secondary N) is 2. The van der Waals surface area contributed by atoms with E-state index in [0.717, 1.165) is 40.0 Å². The van der Waals surface area contributed by atoms with Crippen LogP contribution in [0.4, 0.5) is 9.52 Å². The van der Waals surface area contributed by atoms with Crippen molar-refractivity contribution < 1.29 is 33.1 Å². The van der Waals surface area contributed by atoms with Gasteiger partial charge in [-0.05, 0) is 40.0 Å². The van der Waals surface area contributed by atoms with Crippen LogP contribution in [-0.2, 0) is 36.1 Å². The summed E-state index contributed by atoms with van der Waals surface area (Å²) in [5.41, 5.74) is 3.33. The second-order valence-corrected chi connectivity index (χ2v) is 15.0. The summed E-state index contributed by atoms with van der Waals surface area (Å²) in [5.74, 6) is -0.999. The molecule has 2 aliphatic rings. The van der Waals surface area contributed by atoms with Crippen molar-refractivity contribution in [1.29, 1.82) is 0 Å². The quantitative estimate of drug-likeness (QED) is 0.0279. The van der Waals surface area contributed by atoms with Crippen LogP contribution >= 0.6 is 34.9 Å². The summed E-state index contributed by atoms with van der Waals surface area (Å²) < 4.78 is 30.3. The second-order valence-electron chi connectivity index (χ2n) is 12.8. The molecule has 1 fully saturated rings. The van der Waals surface area contributed by atoms with Gasteiger partial charge in [0.15, 0.2) is 18.6 Å². The van der Waals surface area contributed by atoms with Crippen molar-refractivity contribution in [3.63, 3.8) is 0 Å². The Hall–Kier alpha value is -5.77. The maximum absolute atomic E-state index is 15.4. The zero-order valence-electron chi connectivity index (χ0n) is 30.4. The van der Waals surface area contributed by atoms with Crippen LogP contribution in [0.5, 0.6) is 5.75 Å². The monoisotopic (exact) mass is 826 g/mol. The van der Waals surface area contributed by atoms with E-state index in [0.29, 0.717) is 22.2 Å². The molecule has 0 spiro atoms. The fraction of sp³-hybridized carbons (Fsp3) is 0.220. The third-order valence-electron chi connectivity index (χ3n) is 9.33. The van der Waals surface area contributed by atoms with Gasteiger partial charge in [0.1, 0.15) is 41.2 Å². The number of oxime groups is 1. The summed E-state index contributed by atoms with van der Waals surface area (Å²) in [6, 6.07) is 35.8. The van der Waals surface area contributed by atoms with E-state index in [-0.39, 0.29) is 24.0 Å². The smallest absolute Gasteiger partial charge is 0.355 e. The number of nitrogens with zero attached hydrogens (tertiary/aromatic N) is 4. The molecule has 292 valence electrons. The highest BCUT2D eigenvalue weighted by atomic mass is 35.5. The number of ether oxygens (including phenoxy) is 2. The van der Waals surface area contributed by atoms with Gasteiger partial charge in [-0.3, -0.25) is 14.5 Å². The number of fused-ring (bicyclic) bond motifs is 1. The number of thioether (sulfide) groups is 1. The molecule has 3 heterocycles. The predicted molar refractivity (Wildman–Crippen MR) is 217 cm³/mol. The Balaban J connectivity index is 0.948. The topological polar surface area (TPSA) is 144 Å². The van der Waals surface area contributed by atoms with Gasteiger partial charge in [0.05, 0.1) is 7.11 Å². The Bertz CT molecular complexity index is 2150. The molecule has 4 aromatic carbocycles. The van der Waals surface area contributed by atoms with Crippen molar-refractivity contribution in [3.8, 4) is 5.75 Å². The summed E-state index contributed by atoms with van der Waals surface area (Å²) in [5, 5.41) is 9.58. The lowest BCUT2D eigenvalue weighted by Gasteiger charge is -2.49. The highest BCUT2D eigenvalue weighted by Gasteiger charge is 2.54. The van der Waals surface area contributed by atoms with E-state index < -0.39 is 47.5 Å². The van der Waals surface area contributed by atoms with Crippen LogP contribution < -0.4 is 15.4 Å². The Labute approximate surface area is 341 Å². The molecular weight excluding hydrogens is 791 g/mol. The number of carbonyl (C=O) groups excluding carboxylic acids is 3. The number of rotatable bonds is 16. The van der Waals surface area contributed by atoms with Crippen LogP contribution in [-0.4, -0.2) is 75.0 Å². The first kappa shape index (κ1) is 39.5. The minimum absolute atomic E-state index is 0.0217. The lowest BCUT2D eigenvalue weighted by Crippen LogP contribution is -2.70. The van der Waals surface area contributed by atoms with Gasteiger partial charge in [-0.25, -0.2) is 14.2 Å². The third kappa shape index (κ3) is 8.50. The number of amides is 2. The minimum atomic E-state index is -1.76. The van der Waals surface area contributed by atoms with Gasteiger partial charge in [0.2, 0.25) is 5.13 Å². The van der Waals surface area contributed by atoms with Crippen molar-refractivity contribution in [1.82, 2.24) is 19.6 Å². The SMILES string of the molecule is COc1ccc(COC(=O)C2=C(CCl)CS[C@@H]3[C@H](NC(=O)C=NOCC(F)c4nsc(NC(c5ccccc5)(c5ccccc5)c5ccccc5)n4)C(=O)N23)cc1. The summed E-state index contributed by atoms with van der Waals surface area (Å²) in [6.45, 7) is -0.587. The van der Waals surface area contributed by atoms with Crippen LogP contribution in [0.2, 0.25) is 0 Å². The van der Waals surface area contributed by atoms with E-state index >= 15 is 4.39 Å². The first-order valence-corrected chi connectivity index (χ1v) is 20.1. The van der Waals surface area contributed by atoms with Crippen LogP contribution in [0.25, 0.3) is 0 Å². The molecular formula is C41H36ClFN6O6S2. The molecule has 2 N–H and O–H groups in total. The number of hydrogen-bond acceptors (Lipinski definition) is 12. The first-order valence-electron chi connectivity index (χ1n) is 17.7. The minimum Gasteiger partial charge on any atom is -0.497 e. The van der Waals surface area contributed by atoms with Crippen LogP contribution in [0, 0.1) is 0 Å². The van der Waals surface area contributed by atoms with E-state index in [1.807, 2.05) is 91.0 Å². The zero-order valence-corrected chi connectivity index (χ0v) is 32.8. The van der Waals surface area contributed by atoms with E-state index in [4.69, 9.17) is 25.9 Å². The Morgan fingerprint density at radius 1 is 0.982 bits per heavy atom. The number of anilines is 1. The normalized spacial score (nSPS) is 17.0. The van der Waals surface area contributed by atoms with E-state index in [9.17, 15) is 14.4 Å². The predicted octanol–water partition coefficient (Wildman–Crippen LogP) is 6.60. The average molecular weight is 827 g/mol. The molecule has 16 heteroatoms. The number of hydrogen-bond donors (Lipinski definition) is 2. The molecule has 0 bridgehead atoms. The van der Waals surface area contributed by atoms with Gasteiger partial charge in [-0.15, -0.1) is 23.4 Å². The van der Waals surface area contributed by atoms with E-state index in [1.54, 1.807) is 31.4 Å². The number of halogens is 2. The molecule has 0 radical (unpaired) electrons. The van der Waals surface area contributed by atoms with Gasteiger partial charge in [0, 0.05) is 23.2 Å². The number of alkyl halides is 2. The van der Waals surface area contributed by atoms with Gasteiger partial charge >= 0.3 is 5.97 Å². The number of esters is 1. The van der Waals surface area contributed by atoms with Gasteiger partial charge < -0.3 is 24.9 Å². The lowest BCUT2D eigenvalue weighted by molar-refractivity contribution is -0.153. The molecule has 1 saturated heterocycles. The number of benzene rings is 4. The van der Waals surface area contributed by atoms with Crippen molar-refractivity contribution in [2.45, 2.75) is 29.7 Å².